The summed E-state index contributed by atoms with van der Waals surface area (Å²) in [6, 6.07) is 0.447. The first kappa shape index (κ1) is 8.57. The highest BCUT2D eigenvalue weighted by Gasteiger charge is 2.21. The van der Waals surface area contributed by atoms with Crippen LogP contribution in [0.4, 0.5) is 0 Å². The Labute approximate surface area is 68.6 Å². The number of piperidine rings is 1. The van der Waals surface area contributed by atoms with Gasteiger partial charge in [-0.05, 0) is 26.2 Å². The van der Waals surface area contributed by atoms with Crippen molar-refractivity contribution in [2.45, 2.75) is 45.6 Å². The molecular weight excluding hydrogens is 138 g/mol. The molecule has 0 aromatic rings. The Morgan fingerprint density at radius 1 is 1.55 bits per heavy atom. The van der Waals surface area contributed by atoms with Crippen molar-refractivity contribution in [2.24, 2.45) is 0 Å². The molecule has 2 nitrogen and oxygen atoms in total. The van der Waals surface area contributed by atoms with Crippen molar-refractivity contribution in [3.63, 3.8) is 0 Å². The molecule has 0 unspecified atom stereocenters. The minimum absolute atomic E-state index is 0.352. The molecular formula is C9H17NO. The monoisotopic (exact) mass is 155 g/mol. The first-order chi connectivity index (χ1) is 5.25. The van der Waals surface area contributed by atoms with Gasteiger partial charge in [-0.2, -0.15) is 0 Å². The van der Waals surface area contributed by atoms with Crippen LogP contribution in [0.15, 0.2) is 0 Å². The van der Waals surface area contributed by atoms with E-state index in [1.54, 1.807) is 0 Å². The predicted octanol–water partition coefficient (Wildman–Crippen LogP) is 1.80. The van der Waals surface area contributed by atoms with Crippen LogP contribution in [-0.2, 0) is 4.79 Å². The average Bonchev–Trinajstić information content (AvgIpc) is 2.04. The molecule has 0 aliphatic carbocycles. The molecule has 1 fully saturated rings. The minimum Gasteiger partial charge on any atom is -0.340 e. The fourth-order valence-corrected chi connectivity index (χ4v) is 1.51. The third-order valence-corrected chi connectivity index (χ3v) is 2.48. The zero-order valence-corrected chi connectivity index (χ0v) is 7.47. The van der Waals surface area contributed by atoms with Gasteiger partial charge in [-0.1, -0.05) is 6.92 Å². The Morgan fingerprint density at radius 3 is 2.82 bits per heavy atom. The predicted molar refractivity (Wildman–Crippen MR) is 45.3 cm³/mol. The summed E-state index contributed by atoms with van der Waals surface area (Å²) in [4.78, 5) is 13.3. The Balaban J connectivity index is 2.47. The molecule has 0 radical (unpaired) electrons. The molecule has 0 saturated carbocycles. The maximum atomic E-state index is 11.3. The number of likely N-dealkylation sites (tertiary alicyclic amines) is 1. The standard InChI is InChI=1S/C9H17NO/c1-3-8(2)10-7-5-4-6-9(10)11/h8H,3-7H2,1-2H3/t8-/m1/s1. The highest BCUT2D eigenvalue weighted by molar-refractivity contribution is 5.77. The van der Waals surface area contributed by atoms with Gasteiger partial charge in [0.2, 0.25) is 5.91 Å². The first-order valence-corrected chi connectivity index (χ1v) is 4.55. The number of amides is 1. The van der Waals surface area contributed by atoms with E-state index in [9.17, 15) is 4.79 Å². The van der Waals surface area contributed by atoms with E-state index in [1.807, 2.05) is 4.90 Å². The van der Waals surface area contributed by atoms with Crippen LogP contribution in [0, 0.1) is 0 Å². The number of rotatable bonds is 2. The lowest BCUT2D eigenvalue weighted by molar-refractivity contribution is -0.135. The second kappa shape index (κ2) is 3.74. The molecule has 1 aliphatic heterocycles. The van der Waals surface area contributed by atoms with E-state index in [4.69, 9.17) is 0 Å². The van der Waals surface area contributed by atoms with Gasteiger partial charge in [0.25, 0.3) is 0 Å². The summed E-state index contributed by atoms with van der Waals surface area (Å²) in [5.74, 6) is 0.352. The molecule has 0 aromatic heterocycles. The topological polar surface area (TPSA) is 20.3 Å². The molecule has 0 spiro atoms. The van der Waals surface area contributed by atoms with Crippen LogP contribution in [-0.4, -0.2) is 23.4 Å². The number of carbonyl (C=O) groups is 1. The van der Waals surface area contributed by atoms with Gasteiger partial charge in [-0.25, -0.2) is 0 Å². The van der Waals surface area contributed by atoms with Gasteiger partial charge in [-0.3, -0.25) is 4.79 Å². The summed E-state index contributed by atoms with van der Waals surface area (Å²) in [6.45, 7) is 5.24. The minimum atomic E-state index is 0.352. The lowest BCUT2D eigenvalue weighted by Gasteiger charge is -2.31. The smallest absolute Gasteiger partial charge is 0.222 e. The van der Waals surface area contributed by atoms with Crippen molar-refractivity contribution in [2.75, 3.05) is 6.54 Å². The first-order valence-electron chi connectivity index (χ1n) is 4.55. The third-order valence-electron chi connectivity index (χ3n) is 2.48. The molecule has 2 heteroatoms. The molecule has 1 aliphatic rings. The van der Waals surface area contributed by atoms with Crippen molar-refractivity contribution >= 4 is 5.91 Å². The van der Waals surface area contributed by atoms with Gasteiger partial charge >= 0.3 is 0 Å². The van der Waals surface area contributed by atoms with Gasteiger partial charge in [0.15, 0.2) is 0 Å². The van der Waals surface area contributed by atoms with E-state index in [-0.39, 0.29) is 0 Å². The van der Waals surface area contributed by atoms with Crippen LogP contribution in [0.2, 0.25) is 0 Å². The van der Waals surface area contributed by atoms with E-state index in [0.29, 0.717) is 11.9 Å². The summed E-state index contributed by atoms with van der Waals surface area (Å²) in [7, 11) is 0. The average molecular weight is 155 g/mol. The Bertz CT molecular complexity index is 144. The maximum absolute atomic E-state index is 11.3. The van der Waals surface area contributed by atoms with Gasteiger partial charge in [0.1, 0.15) is 0 Å². The maximum Gasteiger partial charge on any atom is 0.222 e. The van der Waals surface area contributed by atoms with E-state index in [2.05, 4.69) is 13.8 Å². The lowest BCUT2D eigenvalue weighted by atomic mass is 10.1. The summed E-state index contributed by atoms with van der Waals surface area (Å²) in [5.41, 5.74) is 0. The largest absolute Gasteiger partial charge is 0.340 e. The van der Waals surface area contributed by atoms with Crippen LogP contribution in [0.1, 0.15) is 39.5 Å². The van der Waals surface area contributed by atoms with Gasteiger partial charge in [0.05, 0.1) is 0 Å². The van der Waals surface area contributed by atoms with Crippen molar-refractivity contribution in [3.8, 4) is 0 Å². The number of hydrogen-bond acceptors (Lipinski definition) is 1. The summed E-state index contributed by atoms with van der Waals surface area (Å²) < 4.78 is 0. The third kappa shape index (κ3) is 1.95. The number of hydrogen-bond donors (Lipinski definition) is 0. The molecule has 0 N–H and O–H groups in total. The van der Waals surface area contributed by atoms with Gasteiger partial charge in [0, 0.05) is 19.0 Å². The van der Waals surface area contributed by atoms with Gasteiger partial charge < -0.3 is 4.90 Å². The second-order valence-corrected chi connectivity index (χ2v) is 3.30. The fourth-order valence-electron chi connectivity index (χ4n) is 1.51. The van der Waals surface area contributed by atoms with Crippen molar-refractivity contribution < 1.29 is 4.79 Å². The molecule has 11 heavy (non-hydrogen) atoms. The summed E-state index contributed by atoms with van der Waals surface area (Å²) >= 11 is 0. The molecule has 0 aromatic carbocycles. The van der Waals surface area contributed by atoms with Crippen LogP contribution >= 0.6 is 0 Å². The summed E-state index contributed by atoms with van der Waals surface area (Å²) in [6.07, 6.45) is 4.12. The fraction of sp³-hybridized carbons (Fsp3) is 0.889. The molecule has 1 amide bonds. The number of nitrogens with zero attached hydrogens (tertiary/aromatic N) is 1. The van der Waals surface area contributed by atoms with Crippen LogP contribution < -0.4 is 0 Å². The van der Waals surface area contributed by atoms with Crippen molar-refractivity contribution in [1.82, 2.24) is 4.90 Å². The van der Waals surface area contributed by atoms with E-state index in [1.165, 1.54) is 6.42 Å². The summed E-state index contributed by atoms with van der Waals surface area (Å²) in [5, 5.41) is 0. The van der Waals surface area contributed by atoms with Crippen molar-refractivity contribution in [3.05, 3.63) is 0 Å². The molecule has 1 heterocycles. The zero-order valence-electron chi connectivity index (χ0n) is 7.47. The second-order valence-electron chi connectivity index (χ2n) is 3.30. The van der Waals surface area contributed by atoms with E-state index < -0.39 is 0 Å². The highest BCUT2D eigenvalue weighted by Crippen LogP contribution is 2.14. The Hall–Kier alpha value is -0.530. The Kier molecular flexibility index (Phi) is 2.92. The Morgan fingerprint density at radius 2 is 2.27 bits per heavy atom. The van der Waals surface area contributed by atoms with E-state index >= 15 is 0 Å². The van der Waals surface area contributed by atoms with Gasteiger partial charge in [-0.15, -0.1) is 0 Å². The van der Waals surface area contributed by atoms with Crippen molar-refractivity contribution in [1.29, 1.82) is 0 Å². The lowest BCUT2D eigenvalue weighted by Crippen LogP contribution is -2.41. The van der Waals surface area contributed by atoms with Crippen LogP contribution in [0.5, 0.6) is 0 Å². The number of carbonyl (C=O) groups excluding carboxylic acids is 1. The molecule has 0 bridgehead atoms. The molecule has 1 rings (SSSR count). The van der Waals surface area contributed by atoms with Crippen LogP contribution in [0.3, 0.4) is 0 Å². The zero-order chi connectivity index (χ0) is 8.27. The van der Waals surface area contributed by atoms with Crippen LogP contribution in [0.25, 0.3) is 0 Å². The SMILES string of the molecule is CC[C@@H](C)N1CCCCC1=O. The van der Waals surface area contributed by atoms with E-state index in [0.717, 1.165) is 25.8 Å². The molecule has 64 valence electrons. The highest BCUT2D eigenvalue weighted by atomic mass is 16.2. The normalized spacial score (nSPS) is 22.0. The quantitative estimate of drug-likeness (QED) is 0.595. The molecule has 1 saturated heterocycles. The molecule has 1 atom stereocenters.